The molecule has 10 nitrogen and oxygen atoms in total. The van der Waals surface area contributed by atoms with Crippen molar-refractivity contribution in [3.8, 4) is 23.8 Å². The molecule has 132 valence electrons. The molecule has 3 rings (SSSR count). The summed E-state index contributed by atoms with van der Waals surface area (Å²) in [7, 11) is 1.32. The molecule has 3 aromatic rings. The van der Waals surface area contributed by atoms with Gasteiger partial charge in [-0.3, -0.25) is 9.36 Å². The Bertz CT molecular complexity index is 1190. The molecule has 0 aromatic carbocycles. The smallest absolute Gasteiger partial charge is 0.271 e. The van der Waals surface area contributed by atoms with Crippen LogP contribution in [0.3, 0.4) is 0 Å². The highest BCUT2D eigenvalue weighted by Crippen LogP contribution is 2.32. The number of nitriles is 2. The van der Waals surface area contributed by atoms with Crippen molar-refractivity contribution in [3.05, 3.63) is 57.6 Å². The van der Waals surface area contributed by atoms with Gasteiger partial charge < -0.3 is 5.11 Å². The third-order valence-electron chi connectivity index (χ3n) is 3.87. The number of aromatic nitrogens is 4. The fraction of sp³-hybridized carbons (Fsp3) is 0.118. The number of hydrogen-bond donors (Lipinski definition) is 1. The Morgan fingerprint density at radius 1 is 1.22 bits per heavy atom. The summed E-state index contributed by atoms with van der Waals surface area (Å²) in [5.41, 5.74) is -0.506. The third-order valence-corrected chi connectivity index (χ3v) is 3.87. The summed E-state index contributed by atoms with van der Waals surface area (Å²) < 4.78 is 2.22. The first-order valence-electron chi connectivity index (χ1n) is 7.63. The zero-order valence-corrected chi connectivity index (χ0v) is 14.3. The van der Waals surface area contributed by atoms with Crippen LogP contribution in [0.1, 0.15) is 16.7 Å². The average molecular weight is 360 g/mol. The molecule has 0 atom stereocenters. The van der Waals surface area contributed by atoms with E-state index in [-0.39, 0.29) is 28.2 Å². The molecule has 0 saturated heterocycles. The van der Waals surface area contributed by atoms with Crippen molar-refractivity contribution in [2.45, 2.75) is 6.92 Å². The second-order valence-corrected chi connectivity index (χ2v) is 5.44. The van der Waals surface area contributed by atoms with Gasteiger partial charge in [-0.1, -0.05) is 6.07 Å². The van der Waals surface area contributed by atoms with Crippen molar-refractivity contribution in [2.75, 3.05) is 0 Å². The second-order valence-electron chi connectivity index (χ2n) is 5.44. The molecule has 0 saturated carbocycles. The first-order valence-corrected chi connectivity index (χ1v) is 7.63. The fourth-order valence-electron chi connectivity index (χ4n) is 2.38. The largest absolute Gasteiger partial charge is 0.493 e. The molecule has 0 spiro atoms. The predicted octanol–water partition coefficient (Wildman–Crippen LogP) is 2.14. The van der Waals surface area contributed by atoms with Gasteiger partial charge >= 0.3 is 0 Å². The van der Waals surface area contributed by atoms with Crippen molar-refractivity contribution < 1.29 is 5.11 Å². The Balaban J connectivity index is 2.18. The van der Waals surface area contributed by atoms with Crippen LogP contribution < -0.4 is 5.56 Å². The molecule has 0 aliphatic heterocycles. The quantitative estimate of drug-likeness (QED) is 0.708. The van der Waals surface area contributed by atoms with E-state index in [1.807, 2.05) is 6.07 Å². The first kappa shape index (κ1) is 17.5. The number of azo groups is 1. The van der Waals surface area contributed by atoms with Crippen LogP contribution in [0.2, 0.25) is 0 Å². The van der Waals surface area contributed by atoms with E-state index in [0.717, 1.165) is 4.57 Å². The van der Waals surface area contributed by atoms with Gasteiger partial charge in [0.15, 0.2) is 17.3 Å². The number of rotatable bonds is 3. The van der Waals surface area contributed by atoms with Gasteiger partial charge in [0.05, 0.1) is 6.20 Å². The summed E-state index contributed by atoms with van der Waals surface area (Å²) in [6.07, 6.45) is 2.88. The Morgan fingerprint density at radius 2 is 2.00 bits per heavy atom. The van der Waals surface area contributed by atoms with E-state index >= 15 is 0 Å². The Morgan fingerprint density at radius 3 is 2.63 bits per heavy atom. The molecule has 27 heavy (non-hydrogen) atoms. The van der Waals surface area contributed by atoms with Crippen LogP contribution in [0, 0.1) is 29.6 Å². The Labute approximate surface area is 152 Å². The topological polar surface area (TPSA) is 145 Å². The summed E-state index contributed by atoms with van der Waals surface area (Å²) in [5, 5.41) is 40.8. The van der Waals surface area contributed by atoms with E-state index in [0.29, 0.717) is 5.82 Å². The van der Waals surface area contributed by atoms with Gasteiger partial charge in [0.2, 0.25) is 5.88 Å². The van der Waals surface area contributed by atoms with Gasteiger partial charge in [0.1, 0.15) is 23.3 Å². The molecule has 1 N–H and O–H groups in total. The van der Waals surface area contributed by atoms with Crippen molar-refractivity contribution in [1.82, 2.24) is 19.3 Å². The summed E-state index contributed by atoms with van der Waals surface area (Å²) >= 11 is 0. The minimum atomic E-state index is -0.636. The second kappa shape index (κ2) is 6.90. The lowest BCUT2D eigenvalue weighted by Crippen LogP contribution is -2.20. The maximum absolute atomic E-state index is 12.0. The summed E-state index contributed by atoms with van der Waals surface area (Å²) in [6, 6.07) is 8.91. The maximum Gasteiger partial charge on any atom is 0.271 e. The average Bonchev–Trinajstić information content (AvgIpc) is 3.10. The van der Waals surface area contributed by atoms with Crippen LogP contribution in [-0.2, 0) is 7.05 Å². The van der Waals surface area contributed by atoms with Gasteiger partial charge in [-0.25, -0.2) is 4.98 Å². The molecule has 0 radical (unpaired) electrons. The van der Waals surface area contributed by atoms with Gasteiger partial charge in [0, 0.05) is 18.8 Å². The molecular weight excluding hydrogens is 348 g/mol. The SMILES string of the molecule is Cc1c(/N=N/c2c(C#N)cnn2-c2ccccn2)c(O)n(C)c(=O)c1C#N. The summed E-state index contributed by atoms with van der Waals surface area (Å²) in [4.78, 5) is 16.2. The van der Waals surface area contributed by atoms with E-state index in [9.17, 15) is 20.4 Å². The van der Waals surface area contributed by atoms with Gasteiger partial charge in [-0.05, 0) is 19.1 Å². The molecule has 10 heteroatoms. The number of nitrogens with zero attached hydrogens (tertiary/aromatic N) is 8. The zero-order valence-electron chi connectivity index (χ0n) is 14.3. The van der Waals surface area contributed by atoms with Crippen LogP contribution in [0.25, 0.3) is 5.82 Å². The van der Waals surface area contributed by atoms with E-state index in [1.54, 1.807) is 30.5 Å². The molecule has 0 aliphatic carbocycles. The minimum Gasteiger partial charge on any atom is -0.493 e. The molecule has 0 aliphatic rings. The third kappa shape index (κ3) is 2.92. The van der Waals surface area contributed by atoms with E-state index in [2.05, 4.69) is 20.3 Å². The standard InChI is InChI=1S/C17H12N8O2/c1-10-12(8-19)16(26)24(2)17(27)14(10)22-23-15-11(7-18)9-21-25(15)13-5-3-4-6-20-13/h3-6,9,27H,1-2H3/b23-22+. The molecule has 3 heterocycles. The van der Waals surface area contributed by atoms with Gasteiger partial charge in [0.25, 0.3) is 5.56 Å². The lowest BCUT2D eigenvalue weighted by Gasteiger charge is -2.08. The van der Waals surface area contributed by atoms with Crippen molar-refractivity contribution in [1.29, 1.82) is 10.5 Å². The lowest BCUT2D eigenvalue weighted by molar-refractivity contribution is 0.424. The minimum absolute atomic E-state index is 0.0497. The summed E-state index contributed by atoms with van der Waals surface area (Å²) in [5.74, 6) is 0.0806. The first-order chi connectivity index (χ1) is 13.0. The molecular formula is C17H12N8O2. The van der Waals surface area contributed by atoms with Crippen LogP contribution in [0.4, 0.5) is 11.5 Å². The van der Waals surface area contributed by atoms with E-state index in [1.165, 1.54) is 24.9 Å². The molecule has 0 bridgehead atoms. The molecule has 0 fully saturated rings. The highest BCUT2D eigenvalue weighted by molar-refractivity contribution is 5.59. The normalized spacial score (nSPS) is 10.7. The number of pyridine rings is 2. The predicted molar refractivity (Wildman–Crippen MR) is 93.0 cm³/mol. The van der Waals surface area contributed by atoms with Crippen LogP contribution in [-0.4, -0.2) is 24.4 Å². The zero-order chi connectivity index (χ0) is 19.6. The van der Waals surface area contributed by atoms with Crippen LogP contribution in [0.15, 0.2) is 45.6 Å². The van der Waals surface area contributed by atoms with Gasteiger partial charge in [-0.15, -0.1) is 10.2 Å². The van der Waals surface area contributed by atoms with E-state index in [4.69, 9.17) is 0 Å². The van der Waals surface area contributed by atoms with E-state index < -0.39 is 11.4 Å². The highest BCUT2D eigenvalue weighted by atomic mass is 16.3. The van der Waals surface area contributed by atoms with Crippen LogP contribution in [0.5, 0.6) is 5.88 Å². The van der Waals surface area contributed by atoms with Crippen molar-refractivity contribution in [2.24, 2.45) is 17.3 Å². The highest BCUT2D eigenvalue weighted by Gasteiger charge is 2.18. The summed E-state index contributed by atoms with van der Waals surface area (Å²) in [6.45, 7) is 1.48. The fourth-order valence-corrected chi connectivity index (χ4v) is 2.38. The van der Waals surface area contributed by atoms with Crippen LogP contribution >= 0.6 is 0 Å². The number of hydrogen-bond acceptors (Lipinski definition) is 8. The monoisotopic (exact) mass is 360 g/mol. The molecule has 0 unspecified atom stereocenters. The van der Waals surface area contributed by atoms with Crippen molar-refractivity contribution >= 4 is 11.5 Å². The molecule has 0 amide bonds. The maximum atomic E-state index is 12.0. The Hall–Kier alpha value is -4.31. The van der Waals surface area contributed by atoms with Gasteiger partial charge in [-0.2, -0.15) is 20.3 Å². The Kier molecular flexibility index (Phi) is 4.47. The van der Waals surface area contributed by atoms with Crippen molar-refractivity contribution in [3.63, 3.8) is 0 Å². The number of aromatic hydroxyl groups is 1. The lowest BCUT2D eigenvalue weighted by atomic mass is 10.1. The molecule has 3 aromatic heterocycles.